The highest BCUT2D eigenvalue weighted by Crippen LogP contribution is 2.27. The molecule has 1 aliphatic heterocycles. The zero-order valence-corrected chi connectivity index (χ0v) is 19.1. The van der Waals surface area contributed by atoms with Gasteiger partial charge in [0.25, 0.3) is 11.5 Å². The molecule has 3 aromatic rings. The summed E-state index contributed by atoms with van der Waals surface area (Å²) in [6, 6.07) is 13.1. The maximum absolute atomic E-state index is 15.3. The van der Waals surface area contributed by atoms with E-state index in [0.717, 1.165) is 5.56 Å². The molecule has 0 saturated heterocycles. The van der Waals surface area contributed by atoms with Crippen molar-refractivity contribution in [1.82, 2.24) is 14.5 Å². The van der Waals surface area contributed by atoms with Crippen LogP contribution in [0.2, 0.25) is 0 Å². The van der Waals surface area contributed by atoms with Crippen molar-refractivity contribution in [1.29, 1.82) is 0 Å². The molecule has 1 atom stereocenters. The van der Waals surface area contributed by atoms with Crippen molar-refractivity contribution in [3.05, 3.63) is 88.6 Å². The van der Waals surface area contributed by atoms with Gasteiger partial charge in [0.05, 0.1) is 12.2 Å². The summed E-state index contributed by atoms with van der Waals surface area (Å²) in [5.41, 5.74) is 0.911. The zero-order chi connectivity index (χ0) is 24.5. The Morgan fingerprint density at radius 3 is 2.50 bits per heavy atom. The minimum atomic E-state index is -1.13. The molecule has 1 aliphatic rings. The van der Waals surface area contributed by atoms with Crippen molar-refractivity contribution >= 4 is 17.7 Å². The molecular formula is C25H25FN4O4. The van der Waals surface area contributed by atoms with E-state index in [-0.39, 0.29) is 29.3 Å². The average Bonchev–Trinajstić information content (AvgIpc) is 2.81. The van der Waals surface area contributed by atoms with Gasteiger partial charge in [-0.3, -0.25) is 24.0 Å². The Labute approximate surface area is 196 Å². The fourth-order valence-electron chi connectivity index (χ4n) is 3.76. The number of ether oxygens (including phenoxy) is 1. The van der Waals surface area contributed by atoms with Crippen molar-refractivity contribution in [2.24, 2.45) is 0 Å². The Kier molecular flexibility index (Phi) is 6.19. The molecule has 1 unspecified atom stereocenters. The van der Waals surface area contributed by atoms with Crippen LogP contribution in [0.3, 0.4) is 0 Å². The molecule has 8 nitrogen and oxygen atoms in total. The van der Waals surface area contributed by atoms with Crippen molar-refractivity contribution in [2.45, 2.75) is 45.4 Å². The quantitative estimate of drug-likeness (QED) is 0.551. The van der Waals surface area contributed by atoms with E-state index in [4.69, 9.17) is 4.74 Å². The van der Waals surface area contributed by atoms with Gasteiger partial charge in [-0.15, -0.1) is 5.12 Å². The number of halogens is 1. The van der Waals surface area contributed by atoms with E-state index in [1.54, 1.807) is 63.5 Å². The third kappa shape index (κ3) is 4.83. The third-order valence-electron chi connectivity index (χ3n) is 5.37. The van der Waals surface area contributed by atoms with Crippen LogP contribution in [0.15, 0.2) is 71.8 Å². The van der Waals surface area contributed by atoms with E-state index in [1.165, 1.54) is 27.7 Å². The van der Waals surface area contributed by atoms with E-state index in [9.17, 15) is 14.4 Å². The van der Waals surface area contributed by atoms with Crippen LogP contribution < -0.4 is 10.7 Å². The summed E-state index contributed by atoms with van der Waals surface area (Å²) in [4.78, 5) is 43.7. The summed E-state index contributed by atoms with van der Waals surface area (Å²) < 4.78 is 22.2. The molecule has 2 aromatic heterocycles. The average molecular weight is 464 g/mol. The Morgan fingerprint density at radius 2 is 1.82 bits per heavy atom. The van der Waals surface area contributed by atoms with Gasteiger partial charge in [-0.05, 0) is 62.7 Å². The number of hydrogen-bond donors (Lipinski definition) is 0. The number of pyridine rings is 2. The molecule has 3 heterocycles. The van der Waals surface area contributed by atoms with Crippen LogP contribution in [0, 0.1) is 0 Å². The second kappa shape index (κ2) is 9.09. The molecule has 1 aromatic carbocycles. The number of carbonyl (C=O) groups excluding carboxylic acids is 2. The molecule has 0 N–H and O–H groups in total. The number of rotatable bonds is 3. The highest BCUT2D eigenvalue weighted by molar-refractivity contribution is 5.97. The van der Waals surface area contributed by atoms with E-state index in [2.05, 4.69) is 4.98 Å². The van der Waals surface area contributed by atoms with E-state index < -0.39 is 23.6 Å². The molecule has 0 fully saturated rings. The predicted molar refractivity (Wildman–Crippen MR) is 124 cm³/mol. The first-order chi connectivity index (χ1) is 16.1. The monoisotopic (exact) mass is 464 g/mol. The van der Waals surface area contributed by atoms with Crippen molar-refractivity contribution in [3.8, 4) is 5.69 Å². The maximum Gasteiger partial charge on any atom is 0.411 e. The number of aromatic nitrogens is 2. The van der Waals surface area contributed by atoms with Crippen LogP contribution in [0.1, 0.15) is 32.0 Å². The van der Waals surface area contributed by atoms with Gasteiger partial charge < -0.3 is 4.74 Å². The normalized spacial score (nSPS) is 15.4. The second-order valence-electron chi connectivity index (χ2n) is 8.98. The number of fused-ring (bicyclic) bond motifs is 1. The predicted octanol–water partition coefficient (Wildman–Crippen LogP) is 3.81. The van der Waals surface area contributed by atoms with Gasteiger partial charge in [-0.1, -0.05) is 16.6 Å². The van der Waals surface area contributed by atoms with Crippen molar-refractivity contribution in [2.75, 3.05) is 5.12 Å². The first-order valence-electron chi connectivity index (χ1n) is 10.8. The summed E-state index contributed by atoms with van der Waals surface area (Å²) in [5, 5.41) is 0.0213. The minimum Gasteiger partial charge on any atom is -0.444 e. The number of carbonyl (C=O) groups is 2. The second-order valence-corrected chi connectivity index (χ2v) is 8.98. The molecule has 0 aliphatic carbocycles. The SMILES string of the molecule is CC(C)(C)OC(=O)N1Cc2cccnc2CC1C(=O)N(F)c1ccc(-n2ccccc2=O)cc1. The Balaban J connectivity index is 1.60. The van der Waals surface area contributed by atoms with Gasteiger partial charge >= 0.3 is 6.09 Å². The number of nitrogens with zero attached hydrogens (tertiary/aromatic N) is 4. The van der Waals surface area contributed by atoms with E-state index in [1.807, 2.05) is 6.07 Å². The smallest absolute Gasteiger partial charge is 0.411 e. The minimum absolute atomic E-state index is 0.0197. The highest BCUT2D eigenvalue weighted by Gasteiger charge is 2.40. The van der Waals surface area contributed by atoms with E-state index >= 15 is 4.48 Å². The Morgan fingerprint density at radius 1 is 1.09 bits per heavy atom. The molecule has 9 heteroatoms. The first kappa shape index (κ1) is 23.2. The zero-order valence-electron chi connectivity index (χ0n) is 19.1. The van der Waals surface area contributed by atoms with Crippen LogP contribution in [0.25, 0.3) is 5.69 Å². The lowest BCUT2D eigenvalue weighted by Crippen LogP contribution is -2.53. The van der Waals surface area contributed by atoms with Gasteiger partial charge in [0.2, 0.25) is 0 Å². The lowest BCUT2D eigenvalue weighted by Gasteiger charge is -2.36. The largest absolute Gasteiger partial charge is 0.444 e. The summed E-state index contributed by atoms with van der Waals surface area (Å²) in [6.45, 7) is 5.25. The maximum atomic E-state index is 15.3. The summed E-state index contributed by atoms with van der Waals surface area (Å²) in [5.74, 6) is -0.910. The lowest BCUT2D eigenvalue weighted by molar-refractivity contribution is -0.127. The highest BCUT2D eigenvalue weighted by atomic mass is 19.2. The molecule has 2 amide bonds. The number of benzene rings is 1. The molecular weight excluding hydrogens is 439 g/mol. The van der Waals surface area contributed by atoms with Crippen LogP contribution >= 0.6 is 0 Å². The number of amides is 2. The van der Waals surface area contributed by atoms with Crippen molar-refractivity contribution in [3.63, 3.8) is 0 Å². The number of anilines is 1. The van der Waals surface area contributed by atoms with Crippen molar-refractivity contribution < 1.29 is 18.8 Å². The third-order valence-corrected chi connectivity index (χ3v) is 5.37. The Hall–Kier alpha value is -4.01. The van der Waals surface area contributed by atoms with Crippen LogP contribution in [0.5, 0.6) is 0 Å². The fourth-order valence-corrected chi connectivity index (χ4v) is 3.76. The first-order valence-corrected chi connectivity index (χ1v) is 10.8. The summed E-state index contributed by atoms with van der Waals surface area (Å²) in [6.07, 6.45) is 2.56. The molecule has 176 valence electrons. The summed E-state index contributed by atoms with van der Waals surface area (Å²) in [7, 11) is 0. The molecule has 0 radical (unpaired) electrons. The van der Waals surface area contributed by atoms with Crippen LogP contribution in [0.4, 0.5) is 15.0 Å². The lowest BCUT2D eigenvalue weighted by atomic mass is 9.98. The molecule has 0 bridgehead atoms. The van der Waals surface area contributed by atoms with Crippen LogP contribution in [-0.4, -0.2) is 38.1 Å². The Bertz CT molecular complexity index is 1270. The van der Waals surface area contributed by atoms with E-state index in [0.29, 0.717) is 11.4 Å². The molecule has 4 rings (SSSR count). The van der Waals surface area contributed by atoms with Gasteiger partial charge in [-0.2, -0.15) is 0 Å². The molecule has 34 heavy (non-hydrogen) atoms. The standard InChI is InChI=1S/C25H25FN4O4/c1-25(2,3)34-24(33)29-16-17-7-6-13-27-20(17)15-21(29)23(32)30(26)19-11-9-18(10-12-19)28-14-5-4-8-22(28)31/h4-14,21H,15-16H2,1-3H3. The molecule has 0 spiro atoms. The summed E-state index contributed by atoms with van der Waals surface area (Å²) >= 11 is 0. The van der Waals surface area contributed by atoms with Gasteiger partial charge in [0.1, 0.15) is 11.6 Å². The van der Waals surface area contributed by atoms with Gasteiger partial charge in [0.15, 0.2) is 0 Å². The van der Waals surface area contributed by atoms with Gasteiger partial charge in [-0.25, -0.2) is 4.79 Å². The molecule has 0 saturated carbocycles. The topological polar surface area (TPSA) is 84.7 Å². The fraction of sp³-hybridized carbons (Fsp3) is 0.280. The number of hydrogen-bond acceptors (Lipinski definition) is 5. The van der Waals surface area contributed by atoms with Gasteiger partial charge in [0, 0.05) is 36.3 Å². The van der Waals surface area contributed by atoms with Crippen LogP contribution in [-0.2, 0) is 22.5 Å².